The lowest BCUT2D eigenvalue weighted by molar-refractivity contribution is -0.384. The van der Waals surface area contributed by atoms with Crippen LogP contribution in [-0.4, -0.2) is 16.7 Å². The molecule has 0 fully saturated rings. The summed E-state index contributed by atoms with van der Waals surface area (Å²) in [5.41, 5.74) is 1.42. The molecule has 2 amide bonds. The highest BCUT2D eigenvalue weighted by molar-refractivity contribution is 6.04. The van der Waals surface area contributed by atoms with Gasteiger partial charge in [0.2, 0.25) is 5.91 Å². The summed E-state index contributed by atoms with van der Waals surface area (Å²) in [6, 6.07) is 11.9. The normalized spacial score (nSPS) is 9.86. The summed E-state index contributed by atoms with van der Waals surface area (Å²) in [6.45, 7) is 1.41. The van der Waals surface area contributed by atoms with E-state index in [2.05, 4.69) is 10.6 Å². The number of hydrogen-bond donors (Lipinski definition) is 2. The van der Waals surface area contributed by atoms with Crippen molar-refractivity contribution in [2.45, 2.75) is 6.92 Å². The van der Waals surface area contributed by atoms with Crippen LogP contribution in [0.4, 0.5) is 17.1 Å². The Hall–Kier alpha value is -3.22. The van der Waals surface area contributed by atoms with Gasteiger partial charge in [-0.05, 0) is 36.4 Å². The second-order valence-electron chi connectivity index (χ2n) is 4.52. The molecule has 7 heteroatoms. The first-order valence-electron chi connectivity index (χ1n) is 6.39. The van der Waals surface area contributed by atoms with Crippen LogP contribution < -0.4 is 10.6 Å². The van der Waals surface area contributed by atoms with Crippen LogP contribution in [0.2, 0.25) is 0 Å². The number of rotatable bonds is 4. The van der Waals surface area contributed by atoms with E-state index in [4.69, 9.17) is 0 Å². The molecule has 2 N–H and O–H groups in total. The molecular weight excluding hydrogens is 286 g/mol. The van der Waals surface area contributed by atoms with E-state index in [1.165, 1.54) is 31.2 Å². The Balaban J connectivity index is 2.05. The van der Waals surface area contributed by atoms with E-state index in [9.17, 15) is 19.7 Å². The summed E-state index contributed by atoms with van der Waals surface area (Å²) in [5.74, 6) is -0.551. The average molecular weight is 299 g/mol. The number of amides is 2. The second kappa shape index (κ2) is 6.49. The molecule has 2 aromatic rings. The Bertz CT molecular complexity index is 709. The summed E-state index contributed by atoms with van der Waals surface area (Å²) >= 11 is 0. The lowest BCUT2D eigenvalue weighted by Gasteiger charge is -2.07. The molecule has 0 aromatic heterocycles. The molecule has 2 aromatic carbocycles. The summed E-state index contributed by atoms with van der Waals surface area (Å²) in [5, 5.41) is 15.8. The summed E-state index contributed by atoms with van der Waals surface area (Å²) in [6.07, 6.45) is 0. The van der Waals surface area contributed by atoms with E-state index in [1.54, 1.807) is 24.3 Å². The van der Waals surface area contributed by atoms with Crippen LogP contribution in [0.1, 0.15) is 17.3 Å². The van der Waals surface area contributed by atoms with Gasteiger partial charge in [-0.3, -0.25) is 19.7 Å². The molecule has 0 aliphatic carbocycles. The highest BCUT2D eigenvalue weighted by Crippen LogP contribution is 2.16. The molecular formula is C15H13N3O4. The van der Waals surface area contributed by atoms with Crippen LogP contribution in [0.25, 0.3) is 0 Å². The Morgan fingerprint density at radius 3 is 1.86 bits per heavy atom. The van der Waals surface area contributed by atoms with Gasteiger partial charge in [0, 0.05) is 36.0 Å². The Labute approximate surface area is 126 Å². The highest BCUT2D eigenvalue weighted by Gasteiger charge is 2.09. The zero-order chi connectivity index (χ0) is 16.1. The third kappa shape index (κ3) is 3.89. The van der Waals surface area contributed by atoms with Gasteiger partial charge >= 0.3 is 0 Å². The number of anilines is 2. The summed E-state index contributed by atoms with van der Waals surface area (Å²) in [4.78, 5) is 32.9. The fraction of sp³-hybridized carbons (Fsp3) is 0.0667. The Kier molecular flexibility index (Phi) is 4.47. The van der Waals surface area contributed by atoms with E-state index < -0.39 is 4.92 Å². The van der Waals surface area contributed by atoms with Crippen LogP contribution in [0, 0.1) is 10.1 Å². The maximum absolute atomic E-state index is 12.0. The van der Waals surface area contributed by atoms with Gasteiger partial charge in [0.1, 0.15) is 0 Å². The first-order chi connectivity index (χ1) is 10.5. The number of benzene rings is 2. The van der Waals surface area contributed by atoms with E-state index >= 15 is 0 Å². The maximum atomic E-state index is 12.0. The average Bonchev–Trinajstić information content (AvgIpc) is 2.49. The van der Waals surface area contributed by atoms with Crippen molar-refractivity contribution in [3.05, 3.63) is 64.2 Å². The van der Waals surface area contributed by atoms with Gasteiger partial charge in [-0.25, -0.2) is 0 Å². The van der Waals surface area contributed by atoms with Crippen molar-refractivity contribution >= 4 is 28.9 Å². The van der Waals surface area contributed by atoms with E-state index in [-0.39, 0.29) is 17.5 Å². The van der Waals surface area contributed by atoms with Crippen molar-refractivity contribution in [3.63, 3.8) is 0 Å². The molecule has 2 rings (SSSR count). The van der Waals surface area contributed by atoms with Gasteiger partial charge in [0.15, 0.2) is 0 Å². The highest BCUT2D eigenvalue weighted by atomic mass is 16.6. The van der Waals surface area contributed by atoms with Crippen molar-refractivity contribution in [3.8, 4) is 0 Å². The largest absolute Gasteiger partial charge is 0.326 e. The Morgan fingerprint density at radius 2 is 1.41 bits per heavy atom. The molecule has 22 heavy (non-hydrogen) atoms. The van der Waals surface area contributed by atoms with Crippen LogP contribution in [0.5, 0.6) is 0 Å². The van der Waals surface area contributed by atoms with E-state index in [1.807, 2.05) is 0 Å². The second-order valence-corrected chi connectivity index (χ2v) is 4.52. The van der Waals surface area contributed by atoms with Crippen molar-refractivity contribution < 1.29 is 14.5 Å². The minimum absolute atomic E-state index is 0.0730. The van der Waals surface area contributed by atoms with Crippen LogP contribution in [0.15, 0.2) is 48.5 Å². The first kappa shape index (κ1) is 15.2. The summed E-state index contributed by atoms with van der Waals surface area (Å²) in [7, 11) is 0. The van der Waals surface area contributed by atoms with Crippen molar-refractivity contribution in [2.24, 2.45) is 0 Å². The standard InChI is InChI=1S/C15H13N3O4/c1-10(19)16-12-4-6-13(7-5-12)17-15(20)11-2-8-14(9-3-11)18(21)22/h2-9H,1H3,(H,16,19)(H,17,20). The molecule has 0 heterocycles. The molecule has 0 atom stereocenters. The number of non-ortho nitro benzene ring substituents is 1. The third-order valence-electron chi connectivity index (χ3n) is 2.80. The van der Waals surface area contributed by atoms with E-state index in [0.717, 1.165) is 0 Å². The van der Waals surface area contributed by atoms with Crippen LogP contribution in [-0.2, 0) is 4.79 Å². The van der Waals surface area contributed by atoms with Crippen molar-refractivity contribution in [2.75, 3.05) is 10.6 Å². The first-order valence-corrected chi connectivity index (χ1v) is 6.39. The SMILES string of the molecule is CC(=O)Nc1ccc(NC(=O)c2ccc([N+](=O)[O-])cc2)cc1. The topological polar surface area (TPSA) is 101 Å². The minimum Gasteiger partial charge on any atom is -0.326 e. The number of nitrogens with zero attached hydrogens (tertiary/aromatic N) is 1. The smallest absolute Gasteiger partial charge is 0.269 e. The maximum Gasteiger partial charge on any atom is 0.269 e. The molecule has 7 nitrogen and oxygen atoms in total. The fourth-order valence-corrected chi connectivity index (χ4v) is 1.78. The molecule has 0 saturated carbocycles. The molecule has 0 radical (unpaired) electrons. The molecule has 0 aliphatic rings. The molecule has 0 aliphatic heterocycles. The number of hydrogen-bond acceptors (Lipinski definition) is 4. The predicted molar refractivity (Wildman–Crippen MR) is 81.8 cm³/mol. The van der Waals surface area contributed by atoms with Gasteiger partial charge in [-0.15, -0.1) is 0 Å². The quantitative estimate of drug-likeness (QED) is 0.669. The van der Waals surface area contributed by atoms with Gasteiger partial charge in [0.05, 0.1) is 4.92 Å². The molecule has 0 spiro atoms. The third-order valence-corrected chi connectivity index (χ3v) is 2.80. The molecule has 0 bridgehead atoms. The number of nitro benzene ring substituents is 1. The molecule has 0 unspecified atom stereocenters. The Morgan fingerprint density at radius 1 is 0.909 bits per heavy atom. The lowest BCUT2D eigenvalue weighted by atomic mass is 10.2. The minimum atomic E-state index is -0.525. The number of nitrogens with one attached hydrogen (secondary N) is 2. The van der Waals surface area contributed by atoms with Gasteiger partial charge in [0.25, 0.3) is 11.6 Å². The fourth-order valence-electron chi connectivity index (χ4n) is 1.78. The molecule has 0 saturated heterocycles. The van der Waals surface area contributed by atoms with Gasteiger partial charge in [-0.2, -0.15) is 0 Å². The number of carbonyl (C=O) groups excluding carboxylic acids is 2. The summed E-state index contributed by atoms with van der Waals surface area (Å²) < 4.78 is 0. The predicted octanol–water partition coefficient (Wildman–Crippen LogP) is 2.81. The zero-order valence-corrected chi connectivity index (χ0v) is 11.7. The van der Waals surface area contributed by atoms with Crippen LogP contribution >= 0.6 is 0 Å². The lowest BCUT2D eigenvalue weighted by Crippen LogP contribution is -2.12. The van der Waals surface area contributed by atoms with E-state index in [0.29, 0.717) is 16.9 Å². The van der Waals surface area contributed by atoms with Crippen molar-refractivity contribution in [1.29, 1.82) is 0 Å². The van der Waals surface area contributed by atoms with Crippen LogP contribution in [0.3, 0.4) is 0 Å². The van der Waals surface area contributed by atoms with Crippen molar-refractivity contribution in [1.82, 2.24) is 0 Å². The molecule has 112 valence electrons. The number of carbonyl (C=O) groups is 2. The number of nitro groups is 1. The van der Waals surface area contributed by atoms with Gasteiger partial charge < -0.3 is 10.6 Å². The monoisotopic (exact) mass is 299 g/mol. The zero-order valence-electron chi connectivity index (χ0n) is 11.7. The van der Waals surface area contributed by atoms with Gasteiger partial charge in [-0.1, -0.05) is 0 Å².